The maximum atomic E-state index is 12.5. The van der Waals surface area contributed by atoms with E-state index in [4.69, 9.17) is 0 Å². The summed E-state index contributed by atoms with van der Waals surface area (Å²) in [5.74, 6) is 1.24. The molecule has 1 rings (SSSR count). The topological polar surface area (TPSA) is 61.4 Å². The fraction of sp³-hybridized carbons (Fsp3) is 1.00. The van der Waals surface area contributed by atoms with E-state index in [1.807, 2.05) is 13.2 Å². The second-order valence-electron chi connectivity index (χ2n) is 6.11. The maximum Gasteiger partial charge on any atom is 0.279 e. The SMILES string of the molecule is CCC(CSC)NS(=O)(=O)N1CCCC(CNC(C)C)C1. The first-order valence-electron chi connectivity index (χ1n) is 7.88. The molecule has 0 saturated carbocycles. The van der Waals surface area contributed by atoms with Crippen LogP contribution < -0.4 is 10.0 Å². The van der Waals surface area contributed by atoms with Crippen molar-refractivity contribution in [3.63, 3.8) is 0 Å². The van der Waals surface area contributed by atoms with Gasteiger partial charge in [0.05, 0.1) is 0 Å². The molecule has 21 heavy (non-hydrogen) atoms. The molecular formula is C14H31N3O2S2. The highest BCUT2D eigenvalue weighted by Crippen LogP contribution is 2.19. The Labute approximate surface area is 134 Å². The van der Waals surface area contributed by atoms with Gasteiger partial charge in [-0.15, -0.1) is 0 Å². The number of hydrogen-bond acceptors (Lipinski definition) is 4. The molecular weight excluding hydrogens is 306 g/mol. The quantitative estimate of drug-likeness (QED) is 0.672. The van der Waals surface area contributed by atoms with Crippen LogP contribution in [0.15, 0.2) is 0 Å². The zero-order chi connectivity index (χ0) is 15.9. The first kappa shape index (κ1) is 19.2. The summed E-state index contributed by atoms with van der Waals surface area (Å²) in [6.07, 6.45) is 4.89. The van der Waals surface area contributed by atoms with Crippen molar-refractivity contribution in [2.45, 2.75) is 52.1 Å². The predicted octanol–water partition coefficient (Wildman–Crippen LogP) is 1.67. The van der Waals surface area contributed by atoms with E-state index < -0.39 is 10.2 Å². The molecule has 0 aromatic heterocycles. The molecule has 0 bridgehead atoms. The van der Waals surface area contributed by atoms with Crippen LogP contribution >= 0.6 is 11.8 Å². The molecule has 1 saturated heterocycles. The highest BCUT2D eigenvalue weighted by Gasteiger charge is 2.30. The largest absolute Gasteiger partial charge is 0.314 e. The van der Waals surface area contributed by atoms with Crippen molar-refractivity contribution < 1.29 is 8.42 Å². The van der Waals surface area contributed by atoms with Crippen LogP contribution in [0.3, 0.4) is 0 Å². The third-order valence-corrected chi connectivity index (χ3v) is 6.19. The molecule has 7 heteroatoms. The van der Waals surface area contributed by atoms with Crippen LogP contribution in [-0.4, -0.2) is 56.4 Å². The molecule has 2 atom stereocenters. The number of nitrogens with zero attached hydrogens (tertiary/aromatic N) is 1. The third-order valence-electron chi connectivity index (χ3n) is 3.81. The molecule has 2 N–H and O–H groups in total. The predicted molar refractivity (Wildman–Crippen MR) is 92.0 cm³/mol. The Morgan fingerprint density at radius 2 is 2.10 bits per heavy atom. The maximum absolute atomic E-state index is 12.5. The van der Waals surface area contributed by atoms with Crippen LogP contribution in [0.4, 0.5) is 0 Å². The Balaban J connectivity index is 2.57. The van der Waals surface area contributed by atoms with Gasteiger partial charge < -0.3 is 5.32 Å². The van der Waals surface area contributed by atoms with Crippen molar-refractivity contribution in [1.29, 1.82) is 0 Å². The van der Waals surface area contributed by atoms with E-state index in [0.717, 1.165) is 31.6 Å². The van der Waals surface area contributed by atoms with Crippen LogP contribution in [0.5, 0.6) is 0 Å². The first-order chi connectivity index (χ1) is 9.89. The minimum absolute atomic E-state index is 0.0270. The summed E-state index contributed by atoms with van der Waals surface area (Å²) in [4.78, 5) is 0. The van der Waals surface area contributed by atoms with Gasteiger partial charge in [0.2, 0.25) is 0 Å². The molecule has 1 aliphatic heterocycles. The molecule has 0 amide bonds. The van der Waals surface area contributed by atoms with Gasteiger partial charge in [-0.25, -0.2) is 0 Å². The van der Waals surface area contributed by atoms with Gasteiger partial charge in [0.15, 0.2) is 0 Å². The van der Waals surface area contributed by atoms with Gasteiger partial charge in [0.25, 0.3) is 10.2 Å². The Hall–Kier alpha value is 0.180. The van der Waals surface area contributed by atoms with Crippen molar-refractivity contribution in [3.05, 3.63) is 0 Å². The molecule has 0 aliphatic carbocycles. The minimum Gasteiger partial charge on any atom is -0.314 e. The second-order valence-corrected chi connectivity index (χ2v) is 8.73. The van der Waals surface area contributed by atoms with E-state index in [-0.39, 0.29) is 6.04 Å². The van der Waals surface area contributed by atoms with E-state index in [1.54, 1.807) is 16.1 Å². The lowest BCUT2D eigenvalue weighted by molar-refractivity contribution is 0.253. The second kappa shape index (κ2) is 9.35. The van der Waals surface area contributed by atoms with Gasteiger partial charge >= 0.3 is 0 Å². The molecule has 0 aromatic carbocycles. The first-order valence-corrected chi connectivity index (χ1v) is 10.7. The normalized spacial score (nSPS) is 22.6. The third kappa shape index (κ3) is 6.86. The molecule has 1 aliphatic rings. The lowest BCUT2D eigenvalue weighted by Crippen LogP contribution is -2.50. The van der Waals surface area contributed by atoms with Crippen molar-refractivity contribution in [2.24, 2.45) is 5.92 Å². The molecule has 0 aromatic rings. The van der Waals surface area contributed by atoms with Crippen molar-refractivity contribution in [2.75, 3.05) is 31.6 Å². The van der Waals surface area contributed by atoms with Gasteiger partial charge in [-0.3, -0.25) is 0 Å². The van der Waals surface area contributed by atoms with E-state index in [9.17, 15) is 8.42 Å². The molecule has 1 heterocycles. The van der Waals surface area contributed by atoms with Crippen molar-refractivity contribution in [3.8, 4) is 0 Å². The van der Waals surface area contributed by atoms with Crippen LogP contribution in [0.1, 0.15) is 40.0 Å². The summed E-state index contributed by atoms with van der Waals surface area (Å²) in [6.45, 7) is 8.43. The Morgan fingerprint density at radius 1 is 1.38 bits per heavy atom. The molecule has 126 valence electrons. The Kier molecular flexibility index (Phi) is 8.56. The molecule has 1 fully saturated rings. The zero-order valence-corrected chi connectivity index (χ0v) is 15.4. The Bertz CT molecular complexity index is 388. The van der Waals surface area contributed by atoms with Gasteiger partial charge in [-0.2, -0.15) is 29.2 Å². The standard InChI is InChI=1S/C14H31N3O2S2/c1-5-14(11-20-4)16-21(18,19)17-8-6-7-13(10-17)9-15-12(2)3/h12-16H,5-11H2,1-4H3. The summed E-state index contributed by atoms with van der Waals surface area (Å²) in [5.41, 5.74) is 0. The monoisotopic (exact) mass is 337 g/mol. The highest BCUT2D eigenvalue weighted by atomic mass is 32.2. The average molecular weight is 338 g/mol. The van der Waals surface area contributed by atoms with E-state index in [1.165, 1.54) is 0 Å². The Morgan fingerprint density at radius 3 is 2.67 bits per heavy atom. The lowest BCUT2D eigenvalue weighted by Gasteiger charge is -2.33. The van der Waals surface area contributed by atoms with Crippen LogP contribution in [-0.2, 0) is 10.2 Å². The summed E-state index contributed by atoms with van der Waals surface area (Å²) in [5, 5.41) is 3.41. The number of piperidine rings is 1. The van der Waals surface area contributed by atoms with Gasteiger partial charge in [-0.1, -0.05) is 20.8 Å². The smallest absolute Gasteiger partial charge is 0.279 e. The molecule has 2 unspecified atom stereocenters. The van der Waals surface area contributed by atoms with E-state index >= 15 is 0 Å². The van der Waals surface area contributed by atoms with Crippen LogP contribution in [0.2, 0.25) is 0 Å². The van der Waals surface area contributed by atoms with Crippen LogP contribution in [0.25, 0.3) is 0 Å². The van der Waals surface area contributed by atoms with E-state index in [2.05, 4.69) is 23.9 Å². The van der Waals surface area contributed by atoms with Gasteiger partial charge in [0.1, 0.15) is 0 Å². The molecule has 0 radical (unpaired) electrons. The zero-order valence-electron chi connectivity index (χ0n) is 13.8. The van der Waals surface area contributed by atoms with E-state index in [0.29, 0.717) is 25.0 Å². The molecule has 0 spiro atoms. The highest BCUT2D eigenvalue weighted by molar-refractivity contribution is 7.98. The van der Waals surface area contributed by atoms with Crippen LogP contribution in [0, 0.1) is 5.92 Å². The minimum atomic E-state index is -3.35. The molecule has 5 nitrogen and oxygen atoms in total. The number of thioether (sulfide) groups is 1. The van der Waals surface area contributed by atoms with Gasteiger partial charge in [0, 0.05) is 30.9 Å². The fourth-order valence-electron chi connectivity index (χ4n) is 2.54. The summed E-state index contributed by atoms with van der Waals surface area (Å²) < 4.78 is 29.5. The number of rotatable bonds is 9. The number of hydrogen-bond donors (Lipinski definition) is 2. The number of nitrogens with one attached hydrogen (secondary N) is 2. The average Bonchev–Trinajstić information content (AvgIpc) is 2.44. The van der Waals surface area contributed by atoms with Crippen molar-refractivity contribution >= 4 is 22.0 Å². The summed E-state index contributed by atoms with van der Waals surface area (Å²) in [6, 6.07) is 0.473. The van der Waals surface area contributed by atoms with Crippen molar-refractivity contribution in [1.82, 2.24) is 14.3 Å². The summed E-state index contributed by atoms with van der Waals surface area (Å²) in [7, 11) is -3.35. The fourth-order valence-corrected chi connectivity index (χ4v) is 4.96. The lowest BCUT2D eigenvalue weighted by atomic mass is 9.99. The summed E-state index contributed by atoms with van der Waals surface area (Å²) >= 11 is 1.68. The van der Waals surface area contributed by atoms with Gasteiger partial charge in [-0.05, 0) is 38.0 Å².